The van der Waals surface area contributed by atoms with Gasteiger partial charge in [-0.15, -0.1) is 0 Å². The minimum absolute atomic E-state index is 0.257. The SMILES string of the molecule is C=CC(=O)NC(=O)C1CC(Oc2cc3c(Nc4ccc(Br)cc4F)ncnc3cc2OC)CCN1. The number of anilines is 2. The smallest absolute Gasteiger partial charge is 0.249 e. The number of ether oxygens (including phenoxy) is 2. The predicted molar refractivity (Wildman–Crippen MR) is 132 cm³/mol. The Labute approximate surface area is 209 Å². The van der Waals surface area contributed by atoms with E-state index in [1.165, 1.54) is 19.5 Å². The molecule has 1 aliphatic rings. The fourth-order valence-electron chi connectivity index (χ4n) is 3.76. The highest BCUT2D eigenvalue weighted by atomic mass is 79.9. The van der Waals surface area contributed by atoms with Gasteiger partial charge in [-0.1, -0.05) is 22.5 Å². The molecule has 4 rings (SSSR count). The Hall–Kier alpha value is -3.57. The van der Waals surface area contributed by atoms with Gasteiger partial charge in [0, 0.05) is 22.3 Å². The Bertz CT molecular complexity index is 1290. The third kappa shape index (κ3) is 5.75. The molecular weight excluding hydrogens is 521 g/mol. The highest BCUT2D eigenvalue weighted by molar-refractivity contribution is 9.10. The van der Waals surface area contributed by atoms with Crippen molar-refractivity contribution < 1.29 is 23.5 Å². The maximum absolute atomic E-state index is 14.4. The number of methoxy groups -OCH3 is 1. The van der Waals surface area contributed by atoms with Gasteiger partial charge >= 0.3 is 0 Å². The molecule has 1 aliphatic heterocycles. The van der Waals surface area contributed by atoms with E-state index in [-0.39, 0.29) is 11.8 Å². The Morgan fingerprint density at radius 1 is 1.26 bits per heavy atom. The summed E-state index contributed by atoms with van der Waals surface area (Å²) in [6, 6.07) is 7.53. The molecule has 2 aromatic carbocycles. The van der Waals surface area contributed by atoms with Crippen LogP contribution in [0.4, 0.5) is 15.9 Å². The van der Waals surface area contributed by atoms with Gasteiger partial charge in [0.15, 0.2) is 11.5 Å². The van der Waals surface area contributed by atoms with Crippen molar-refractivity contribution in [3.63, 3.8) is 0 Å². The first-order valence-corrected chi connectivity index (χ1v) is 11.6. The van der Waals surface area contributed by atoms with Gasteiger partial charge in [-0.05, 0) is 43.3 Å². The number of carbonyl (C=O) groups is 2. The molecule has 2 heterocycles. The van der Waals surface area contributed by atoms with E-state index < -0.39 is 23.7 Å². The van der Waals surface area contributed by atoms with Gasteiger partial charge in [0.05, 0.1) is 24.4 Å². The summed E-state index contributed by atoms with van der Waals surface area (Å²) in [6.07, 6.45) is 3.09. The molecule has 35 heavy (non-hydrogen) atoms. The molecule has 0 bridgehead atoms. The molecular formula is C24H23BrFN5O4. The minimum Gasteiger partial charge on any atom is -0.493 e. The average Bonchev–Trinajstić information content (AvgIpc) is 2.85. The highest BCUT2D eigenvalue weighted by Gasteiger charge is 2.29. The number of nitrogens with zero attached hydrogens (tertiary/aromatic N) is 2. The van der Waals surface area contributed by atoms with Gasteiger partial charge < -0.3 is 20.1 Å². The van der Waals surface area contributed by atoms with E-state index >= 15 is 0 Å². The van der Waals surface area contributed by atoms with Gasteiger partial charge in [0.1, 0.15) is 24.1 Å². The zero-order chi connectivity index (χ0) is 24.9. The molecule has 1 saturated heterocycles. The van der Waals surface area contributed by atoms with E-state index in [1.54, 1.807) is 24.3 Å². The first-order valence-electron chi connectivity index (χ1n) is 10.8. The summed E-state index contributed by atoms with van der Waals surface area (Å²) in [4.78, 5) is 32.4. The molecule has 0 saturated carbocycles. The van der Waals surface area contributed by atoms with Crippen LogP contribution in [-0.4, -0.2) is 47.6 Å². The number of hydrogen-bond donors (Lipinski definition) is 3. The molecule has 3 aromatic rings. The molecule has 2 amide bonds. The van der Waals surface area contributed by atoms with Crippen LogP contribution in [0.2, 0.25) is 0 Å². The van der Waals surface area contributed by atoms with Gasteiger partial charge in [-0.3, -0.25) is 14.9 Å². The van der Waals surface area contributed by atoms with Crippen molar-refractivity contribution >= 4 is 50.2 Å². The van der Waals surface area contributed by atoms with E-state index in [2.05, 4.69) is 48.4 Å². The van der Waals surface area contributed by atoms with E-state index in [0.717, 1.165) is 6.08 Å². The first kappa shape index (κ1) is 24.6. The number of carbonyl (C=O) groups excluding carboxylic acids is 2. The van der Waals surface area contributed by atoms with Crippen molar-refractivity contribution in [2.24, 2.45) is 0 Å². The summed E-state index contributed by atoms with van der Waals surface area (Å²) >= 11 is 3.25. The molecule has 2 atom stereocenters. The van der Waals surface area contributed by atoms with Crippen molar-refractivity contribution in [1.29, 1.82) is 0 Å². The largest absolute Gasteiger partial charge is 0.493 e. The number of benzene rings is 2. The Morgan fingerprint density at radius 2 is 2.09 bits per heavy atom. The van der Waals surface area contributed by atoms with Crippen LogP contribution < -0.4 is 25.4 Å². The fraction of sp³-hybridized carbons (Fsp3) is 0.250. The lowest BCUT2D eigenvalue weighted by molar-refractivity contribution is -0.130. The zero-order valence-electron chi connectivity index (χ0n) is 18.8. The maximum atomic E-state index is 14.4. The van der Waals surface area contributed by atoms with Crippen LogP contribution in [0.1, 0.15) is 12.8 Å². The van der Waals surface area contributed by atoms with Crippen LogP contribution in [0.15, 0.2) is 53.8 Å². The third-order valence-electron chi connectivity index (χ3n) is 5.50. The second-order valence-electron chi connectivity index (χ2n) is 7.82. The van der Waals surface area contributed by atoms with Crippen molar-refractivity contribution in [3.8, 4) is 11.5 Å². The normalized spacial score (nSPS) is 17.5. The maximum Gasteiger partial charge on any atom is 0.249 e. The van der Waals surface area contributed by atoms with Gasteiger partial charge in [0.25, 0.3) is 0 Å². The molecule has 2 unspecified atom stereocenters. The summed E-state index contributed by atoms with van der Waals surface area (Å²) in [6.45, 7) is 3.88. The number of fused-ring (bicyclic) bond motifs is 1. The van der Waals surface area contributed by atoms with Crippen LogP contribution in [0.5, 0.6) is 11.5 Å². The number of rotatable bonds is 7. The second kappa shape index (κ2) is 10.8. The Morgan fingerprint density at radius 3 is 2.83 bits per heavy atom. The standard InChI is InChI=1S/C24H23BrFN5O4/c1-3-22(32)31-24(33)19-9-14(6-7-27-19)35-21-10-15-18(11-20(21)34-2)28-12-29-23(15)30-17-5-4-13(25)8-16(17)26/h3-5,8,10-12,14,19,27H,1,6-7,9H2,2H3,(H,28,29,30)(H,31,32,33). The summed E-state index contributed by atoms with van der Waals surface area (Å²) in [5.41, 5.74) is 0.836. The molecule has 0 spiro atoms. The molecule has 0 aliphatic carbocycles. The lowest BCUT2D eigenvalue weighted by Crippen LogP contribution is -2.52. The summed E-state index contributed by atoms with van der Waals surface area (Å²) in [5.74, 6) is -0.150. The minimum atomic E-state index is -0.593. The topological polar surface area (TPSA) is 114 Å². The average molecular weight is 544 g/mol. The molecule has 1 fully saturated rings. The number of amides is 2. The molecule has 0 radical (unpaired) electrons. The fourth-order valence-corrected chi connectivity index (χ4v) is 4.10. The lowest BCUT2D eigenvalue weighted by Gasteiger charge is -2.30. The predicted octanol–water partition coefficient (Wildman–Crippen LogP) is 3.61. The van der Waals surface area contributed by atoms with Crippen molar-refractivity contribution in [2.75, 3.05) is 19.0 Å². The Kier molecular flexibility index (Phi) is 7.57. The van der Waals surface area contributed by atoms with Crippen LogP contribution in [0.25, 0.3) is 10.9 Å². The number of imide groups is 1. The summed E-state index contributed by atoms with van der Waals surface area (Å²) < 4.78 is 26.8. The Balaban J connectivity index is 1.59. The van der Waals surface area contributed by atoms with Crippen LogP contribution in [0.3, 0.4) is 0 Å². The van der Waals surface area contributed by atoms with E-state index in [0.29, 0.717) is 52.1 Å². The van der Waals surface area contributed by atoms with E-state index in [9.17, 15) is 14.0 Å². The van der Waals surface area contributed by atoms with Crippen LogP contribution in [-0.2, 0) is 9.59 Å². The number of halogens is 2. The number of nitrogens with one attached hydrogen (secondary N) is 3. The van der Waals surface area contributed by atoms with Gasteiger partial charge in [-0.2, -0.15) is 0 Å². The molecule has 182 valence electrons. The van der Waals surface area contributed by atoms with Gasteiger partial charge in [-0.25, -0.2) is 14.4 Å². The van der Waals surface area contributed by atoms with Crippen molar-refractivity contribution in [1.82, 2.24) is 20.6 Å². The van der Waals surface area contributed by atoms with Crippen molar-refractivity contribution in [2.45, 2.75) is 25.0 Å². The summed E-state index contributed by atoms with van der Waals surface area (Å²) in [5, 5.41) is 8.97. The first-order chi connectivity index (χ1) is 16.9. The van der Waals surface area contributed by atoms with Gasteiger partial charge in [0.2, 0.25) is 11.8 Å². The summed E-state index contributed by atoms with van der Waals surface area (Å²) in [7, 11) is 1.52. The van der Waals surface area contributed by atoms with Crippen LogP contribution in [0, 0.1) is 5.82 Å². The highest BCUT2D eigenvalue weighted by Crippen LogP contribution is 2.36. The zero-order valence-corrected chi connectivity index (χ0v) is 20.4. The molecule has 9 nitrogen and oxygen atoms in total. The van der Waals surface area contributed by atoms with E-state index in [4.69, 9.17) is 9.47 Å². The molecule has 1 aromatic heterocycles. The number of aromatic nitrogens is 2. The van der Waals surface area contributed by atoms with E-state index in [1.807, 2.05) is 0 Å². The molecule has 3 N–H and O–H groups in total. The quantitative estimate of drug-likeness (QED) is 0.387. The van der Waals surface area contributed by atoms with Crippen molar-refractivity contribution in [3.05, 3.63) is 59.6 Å². The number of piperidine rings is 1. The second-order valence-corrected chi connectivity index (χ2v) is 8.74. The molecule has 11 heteroatoms. The third-order valence-corrected chi connectivity index (χ3v) is 6.00. The van der Waals surface area contributed by atoms with Crippen LogP contribution >= 0.6 is 15.9 Å². The number of hydrogen-bond acceptors (Lipinski definition) is 8. The lowest BCUT2D eigenvalue weighted by atomic mass is 10.0. The monoisotopic (exact) mass is 543 g/mol.